The number of nitrogens with one attached hydrogen (secondary N) is 1. The molecule has 0 bridgehead atoms. The van der Waals surface area contributed by atoms with Crippen molar-refractivity contribution in [3.63, 3.8) is 0 Å². The highest BCUT2D eigenvalue weighted by atomic mass is 19.1. The Morgan fingerprint density at radius 1 is 1.05 bits per heavy atom. The van der Waals surface area contributed by atoms with Gasteiger partial charge < -0.3 is 19.9 Å². The topological polar surface area (TPSA) is 88.1 Å². The number of methoxy groups -OCH3 is 1. The van der Waals surface area contributed by atoms with E-state index >= 15 is 0 Å². The number of fused-ring (bicyclic) bond motifs is 3. The molecule has 0 spiro atoms. The molecule has 2 N–H and O–H groups in total. The lowest BCUT2D eigenvalue weighted by Crippen LogP contribution is -2.35. The summed E-state index contributed by atoms with van der Waals surface area (Å²) in [4.78, 5) is 29.0. The van der Waals surface area contributed by atoms with Gasteiger partial charge in [-0.15, -0.1) is 0 Å². The summed E-state index contributed by atoms with van der Waals surface area (Å²) in [6, 6.07) is 21.6. The van der Waals surface area contributed by atoms with E-state index in [1.54, 1.807) is 13.2 Å². The molecule has 0 saturated carbocycles. The Morgan fingerprint density at radius 2 is 1.80 bits per heavy atom. The molecule has 4 atom stereocenters. The maximum atomic E-state index is 13.9. The van der Waals surface area contributed by atoms with E-state index in [9.17, 15) is 19.1 Å². The number of amides is 2. The highest BCUT2D eigenvalue weighted by molar-refractivity contribution is 6.22. The molecular weight excluding hydrogens is 559 g/mol. The molecule has 1 aliphatic carbocycles. The number of allylic oxidation sites excluding steroid dienone is 1. The highest BCUT2D eigenvalue weighted by Crippen LogP contribution is 2.50. The first-order valence-electron chi connectivity index (χ1n) is 15.2. The molecular formula is C36H37FN2O5. The number of anilines is 3. The first-order valence-corrected chi connectivity index (χ1v) is 15.2. The number of halogens is 1. The minimum atomic E-state index is -0.646. The van der Waals surface area contributed by atoms with Crippen LogP contribution in [0.5, 0.6) is 5.75 Å². The van der Waals surface area contributed by atoms with E-state index in [2.05, 4.69) is 12.2 Å². The number of imide groups is 1. The lowest BCUT2D eigenvalue weighted by molar-refractivity contribution is -0.122. The fourth-order valence-electron chi connectivity index (χ4n) is 6.93. The summed E-state index contributed by atoms with van der Waals surface area (Å²) in [5, 5.41) is 12.9. The number of phenolic OH excluding ortho intramolecular Hbond substituents is 1. The number of nitrogens with zero attached hydrogens (tertiary/aromatic N) is 1. The van der Waals surface area contributed by atoms with Gasteiger partial charge in [-0.2, -0.15) is 0 Å². The number of para-hydroxylation sites is 1. The molecule has 6 rings (SSSR count). The van der Waals surface area contributed by atoms with Crippen LogP contribution in [-0.2, 0) is 19.1 Å². The van der Waals surface area contributed by atoms with Crippen molar-refractivity contribution in [1.29, 1.82) is 0 Å². The Morgan fingerprint density at radius 3 is 2.50 bits per heavy atom. The number of hydrogen-bond acceptors (Lipinski definition) is 6. The Kier molecular flexibility index (Phi) is 8.64. The second kappa shape index (κ2) is 12.8. The van der Waals surface area contributed by atoms with E-state index in [4.69, 9.17) is 9.47 Å². The van der Waals surface area contributed by atoms with Crippen LogP contribution in [0.25, 0.3) is 6.08 Å². The Hall–Kier alpha value is -4.27. The Balaban J connectivity index is 1.19. The molecule has 2 saturated heterocycles. The lowest BCUT2D eigenvalue weighted by atomic mass is 9.69. The maximum Gasteiger partial charge on any atom is 0.238 e. The summed E-state index contributed by atoms with van der Waals surface area (Å²) in [6.45, 7) is 2.83. The van der Waals surface area contributed by atoms with Crippen LogP contribution in [-0.4, -0.2) is 43.3 Å². The van der Waals surface area contributed by atoms with E-state index in [0.717, 1.165) is 40.9 Å². The third-order valence-corrected chi connectivity index (χ3v) is 9.04. The van der Waals surface area contributed by atoms with Crippen molar-refractivity contribution in [3.8, 4) is 5.75 Å². The molecule has 228 valence electrons. The summed E-state index contributed by atoms with van der Waals surface area (Å²) >= 11 is 0. The lowest BCUT2D eigenvalue weighted by Gasteiger charge is -2.31. The van der Waals surface area contributed by atoms with Crippen LogP contribution >= 0.6 is 0 Å². The Labute approximate surface area is 257 Å². The average Bonchev–Trinajstić information content (AvgIpc) is 3.56. The smallest absolute Gasteiger partial charge is 0.238 e. The first-order chi connectivity index (χ1) is 21.4. The number of phenols is 1. The fraction of sp³-hybridized carbons (Fsp3) is 0.333. The number of ether oxygens (including phenoxy) is 2. The summed E-state index contributed by atoms with van der Waals surface area (Å²) < 4.78 is 25.8. The summed E-state index contributed by atoms with van der Waals surface area (Å²) in [5.41, 5.74) is 6.37. The van der Waals surface area contributed by atoms with E-state index in [0.29, 0.717) is 37.3 Å². The monoisotopic (exact) mass is 596 g/mol. The zero-order valence-electron chi connectivity index (χ0n) is 25.0. The molecule has 7 nitrogen and oxygen atoms in total. The summed E-state index contributed by atoms with van der Waals surface area (Å²) in [7, 11) is 1.65. The third kappa shape index (κ3) is 5.79. The highest BCUT2D eigenvalue weighted by Gasteiger charge is 2.57. The van der Waals surface area contributed by atoms with Crippen LogP contribution in [0.15, 0.2) is 89.5 Å². The zero-order chi connectivity index (χ0) is 30.8. The number of rotatable bonds is 10. The summed E-state index contributed by atoms with van der Waals surface area (Å²) in [6.07, 6.45) is 4.47. The van der Waals surface area contributed by atoms with Gasteiger partial charge in [0.05, 0.1) is 36.8 Å². The van der Waals surface area contributed by atoms with Crippen molar-refractivity contribution in [3.05, 3.63) is 101 Å². The fourth-order valence-corrected chi connectivity index (χ4v) is 6.93. The van der Waals surface area contributed by atoms with Gasteiger partial charge in [0.2, 0.25) is 11.8 Å². The molecule has 0 unspecified atom stereocenters. The number of hydrogen-bond donors (Lipinski definition) is 2. The number of benzene rings is 3. The van der Waals surface area contributed by atoms with Crippen molar-refractivity contribution in [2.24, 2.45) is 17.8 Å². The van der Waals surface area contributed by atoms with Crippen LogP contribution in [0.3, 0.4) is 0 Å². The molecule has 44 heavy (non-hydrogen) atoms. The molecule has 3 aliphatic rings. The predicted octanol–water partition coefficient (Wildman–Crippen LogP) is 7.02. The van der Waals surface area contributed by atoms with Crippen molar-refractivity contribution in [1.82, 2.24) is 0 Å². The second-order valence-electron chi connectivity index (χ2n) is 11.7. The number of carbonyl (C=O) groups excluding carboxylic acids is 2. The number of aromatic hydroxyl groups is 1. The van der Waals surface area contributed by atoms with Crippen molar-refractivity contribution in [2.75, 3.05) is 30.5 Å². The average molecular weight is 597 g/mol. The van der Waals surface area contributed by atoms with Crippen LogP contribution in [0.4, 0.5) is 21.5 Å². The molecule has 0 radical (unpaired) electrons. The molecule has 2 aliphatic heterocycles. The molecule has 2 heterocycles. The zero-order valence-corrected chi connectivity index (χ0v) is 25.0. The predicted molar refractivity (Wildman–Crippen MR) is 168 cm³/mol. The maximum absolute atomic E-state index is 13.9. The molecule has 3 aromatic rings. The minimum absolute atomic E-state index is 0.169. The van der Waals surface area contributed by atoms with Gasteiger partial charge in [-0.3, -0.25) is 14.5 Å². The second-order valence-corrected chi connectivity index (χ2v) is 11.7. The van der Waals surface area contributed by atoms with Gasteiger partial charge in [0.25, 0.3) is 0 Å². The van der Waals surface area contributed by atoms with Crippen LogP contribution < -0.4 is 10.2 Å². The largest absolute Gasteiger partial charge is 0.505 e. The quantitative estimate of drug-likeness (QED) is 0.193. The third-order valence-electron chi connectivity index (χ3n) is 9.04. The van der Waals surface area contributed by atoms with Gasteiger partial charge >= 0.3 is 0 Å². The Bertz CT molecular complexity index is 1600. The van der Waals surface area contributed by atoms with Gasteiger partial charge in [-0.05, 0) is 90.9 Å². The minimum Gasteiger partial charge on any atom is -0.505 e. The van der Waals surface area contributed by atoms with Gasteiger partial charge in [0.1, 0.15) is 0 Å². The molecule has 3 aromatic carbocycles. The normalized spacial score (nSPS) is 23.2. The molecule has 8 heteroatoms. The van der Waals surface area contributed by atoms with Gasteiger partial charge in [0, 0.05) is 24.4 Å². The summed E-state index contributed by atoms with van der Waals surface area (Å²) in [5.74, 6) is -2.44. The van der Waals surface area contributed by atoms with Crippen molar-refractivity contribution in [2.45, 2.75) is 38.7 Å². The van der Waals surface area contributed by atoms with Crippen molar-refractivity contribution < 1.29 is 28.6 Å². The van der Waals surface area contributed by atoms with Crippen molar-refractivity contribution >= 4 is 35.0 Å². The molecule has 2 fully saturated rings. The van der Waals surface area contributed by atoms with E-state index in [1.807, 2.05) is 60.7 Å². The van der Waals surface area contributed by atoms with Crippen LogP contribution in [0.2, 0.25) is 0 Å². The van der Waals surface area contributed by atoms with E-state index in [-0.39, 0.29) is 29.6 Å². The van der Waals surface area contributed by atoms with Gasteiger partial charge in [0.15, 0.2) is 11.6 Å². The SMILES string of the molecule is CC/C(=C\c1ccc(O)c(F)c1)CC[C@H]1OC[C@H]2C1=C(COC)C[C@H]1C(=O)N(c3ccc(Nc4ccccc4)cc3)C(=O)[C@H]12. The van der Waals surface area contributed by atoms with Gasteiger partial charge in [-0.1, -0.05) is 42.8 Å². The first kappa shape index (κ1) is 29.8. The van der Waals surface area contributed by atoms with Gasteiger partial charge in [-0.25, -0.2) is 4.39 Å². The molecule has 2 amide bonds. The van der Waals surface area contributed by atoms with Crippen LogP contribution in [0, 0.1) is 23.6 Å². The van der Waals surface area contributed by atoms with E-state index in [1.165, 1.54) is 17.0 Å². The van der Waals surface area contributed by atoms with Crippen LogP contribution in [0.1, 0.15) is 38.2 Å². The number of carbonyl (C=O) groups is 2. The van der Waals surface area contributed by atoms with E-state index < -0.39 is 17.7 Å². The standard InChI is InChI=1S/C36H37FN2O5/c1-3-22(17-23-9-15-31(40)30(37)18-23)10-16-32-33-24(20-43-2)19-28-34(29(33)21-44-32)36(42)39(35(28)41)27-13-11-26(12-14-27)38-25-7-5-4-6-8-25/h4-9,11-15,17-18,28-29,32,34,38,40H,3,10,16,19-21H2,1-2H3/b22-17+/t28-,29+,32-,34-/m1/s1. The molecule has 0 aromatic heterocycles.